The van der Waals surface area contributed by atoms with Gasteiger partial charge in [0, 0.05) is 19.1 Å². The van der Waals surface area contributed by atoms with E-state index >= 15 is 0 Å². The quantitative estimate of drug-likeness (QED) is 0.613. The largest absolute Gasteiger partial charge is 0.481 e. The average Bonchev–Trinajstić information content (AvgIpc) is 1.96. The van der Waals surface area contributed by atoms with Gasteiger partial charge in [0.2, 0.25) is 0 Å². The standard InChI is InChI=1S/C9H17NO2/c1-4-6-10(8(2)3)7-5-9(11)12/h4,8H,1,5-7H2,2-3H3,(H,11,12). The van der Waals surface area contributed by atoms with Gasteiger partial charge < -0.3 is 5.11 Å². The van der Waals surface area contributed by atoms with Crippen molar-refractivity contribution >= 4 is 5.97 Å². The first-order valence-electron chi connectivity index (χ1n) is 4.14. The van der Waals surface area contributed by atoms with E-state index in [2.05, 4.69) is 11.5 Å². The minimum absolute atomic E-state index is 0.200. The summed E-state index contributed by atoms with van der Waals surface area (Å²) >= 11 is 0. The third-order valence-electron chi connectivity index (χ3n) is 1.71. The molecule has 1 N–H and O–H groups in total. The lowest BCUT2D eigenvalue weighted by Crippen LogP contribution is -2.32. The Morgan fingerprint density at radius 1 is 1.67 bits per heavy atom. The summed E-state index contributed by atoms with van der Waals surface area (Å²) in [6.07, 6.45) is 1.99. The number of hydrogen-bond donors (Lipinski definition) is 1. The normalized spacial score (nSPS) is 10.7. The molecule has 70 valence electrons. The molecule has 0 aromatic heterocycles. The fourth-order valence-corrected chi connectivity index (χ4v) is 0.965. The molecule has 0 aromatic carbocycles. The first-order valence-corrected chi connectivity index (χ1v) is 4.14. The maximum absolute atomic E-state index is 10.3. The van der Waals surface area contributed by atoms with Gasteiger partial charge in [0.15, 0.2) is 0 Å². The van der Waals surface area contributed by atoms with E-state index in [1.54, 1.807) is 6.08 Å². The number of carboxylic acids is 1. The fourth-order valence-electron chi connectivity index (χ4n) is 0.965. The van der Waals surface area contributed by atoms with Crippen LogP contribution in [0.5, 0.6) is 0 Å². The van der Waals surface area contributed by atoms with E-state index in [4.69, 9.17) is 5.11 Å². The highest BCUT2D eigenvalue weighted by molar-refractivity contribution is 5.66. The predicted octanol–water partition coefficient (Wildman–Crippen LogP) is 1.36. The maximum Gasteiger partial charge on any atom is 0.304 e. The van der Waals surface area contributed by atoms with Gasteiger partial charge in [0.25, 0.3) is 0 Å². The van der Waals surface area contributed by atoms with Gasteiger partial charge in [0.1, 0.15) is 0 Å². The molecule has 0 saturated heterocycles. The van der Waals surface area contributed by atoms with Gasteiger partial charge in [-0.05, 0) is 13.8 Å². The van der Waals surface area contributed by atoms with Gasteiger partial charge in [-0.3, -0.25) is 9.69 Å². The second-order valence-corrected chi connectivity index (χ2v) is 3.02. The Bertz CT molecular complexity index is 155. The summed E-state index contributed by atoms with van der Waals surface area (Å²) in [6.45, 7) is 9.07. The Morgan fingerprint density at radius 3 is 2.58 bits per heavy atom. The Hall–Kier alpha value is -0.830. The Labute approximate surface area is 73.7 Å². The lowest BCUT2D eigenvalue weighted by Gasteiger charge is -2.23. The van der Waals surface area contributed by atoms with Crippen molar-refractivity contribution in [1.29, 1.82) is 0 Å². The fraction of sp³-hybridized carbons (Fsp3) is 0.667. The molecule has 0 aliphatic rings. The SMILES string of the molecule is C=CCN(CCC(=O)O)C(C)C. The van der Waals surface area contributed by atoms with Crippen LogP contribution in [0.4, 0.5) is 0 Å². The van der Waals surface area contributed by atoms with Gasteiger partial charge >= 0.3 is 5.97 Å². The zero-order valence-corrected chi connectivity index (χ0v) is 7.79. The summed E-state index contributed by atoms with van der Waals surface area (Å²) in [5.74, 6) is -0.746. The smallest absolute Gasteiger partial charge is 0.304 e. The molecule has 3 heteroatoms. The first-order chi connectivity index (χ1) is 5.57. The summed E-state index contributed by atoms with van der Waals surface area (Å²) < 4.78 is 0. The van der Waals surface area contributed by atoms with Crippen molar-refractivity contribution in [3.63, 3.8) is 0 Å². The molecule has 3 nitrogen and oxygen atoms in total. The van der Waals surface area contributed by atoms with E-state index < -0.39 is 5.97 Å². The number of aliphatic carboxylic acids is 1. The average molecular weight is 171 g/mol. The molecular weight excluding hydrogens is 154 g/mol. The second-order valence-electron chi connectivity index (χ2n) is 3.02. The molecule has 12 heavy (non-hydrogen) atoms. The summed E-state index contributed by atoms with van der Waals surface area (Å²) in [5, 5.41) is 8.46. The highest BCUT2D eigenvalue weighted by Crippen LogP contribution is 1.99. The second kappa shape index (κ2) is 5.77. The molecular formula is C9H17NO2. The first kappa shape index (κ1) is 11.2. The molecule has 0 amide bonds. The molecule has 0 saturated carbocycles. The third-order valence-corrected chi connectivity index (χ3v) is 1.71. The summed E-state index contributed by atoms with van der Waals surface area (Å²) in [7, 11) is 0. The van der Waals surface area contributed by atoms with Crippen molar-refractivity contribution in [3.05, 3.63) is 12.7 Å². The highest BCUT2D eigenvalue weighted by atomic mass is 16.4. The van der Waals surface area contributed by atoms with Crippen molar-refractivity contribution in [2.24, 2.45) is 0 Å². The Balaban J connectivity index is 3.78. The van der Waals surface area contributed by atoms with Crippen LogP contribution in [0.15, 0.2) is 12.7 Å². The molecule has 0 aliphatic carbocycles. The zero-order valence-electron chi connectivity index (χ0n) is 7.79. The Morgan fingerprint density at radius 2 is 2.25 bits per heavy atom. The van der Waals surface area contributed by atoms with Crippen LogP contribution in [0, 0.1) is 0 Å². The lowest BCUT2D eigenvalue weighted by atomic mass is 10.3. The highest BCUT2D eigenvalue weighted by Gasteiger charge is 2.08. The van der Waals surface area contributed by atoms with Gasteiger partial charge in [0.05, 0.1) is 6.42 Å². The molecule has 0 atom stereocenters. The van der Waals surface area contributed by atoms with E-state index in [0.29, 0.717) is 12.6 Å². The van der Waals surface area contributed by atoms with Crippen LogP contribution >= 0.6 is 0 Å². The van der Waals surface area contributed by atoms with Crippen molar-refractivity contribution in [3.8, 4) is 0 Å². The number of nitrogens with zero attached hydrogens (tertiary/aromatic N) is 1. The lowest BCUT2D eigenvalue weighted by molar-refractivity contribution is -0.137. The summed E-state index contributed by atoms with van der Waals surface area (Å²) in [6, 6.07) is 0.377. The molecule has 0 spiro atoms. The van der Waals surface area contributed by atoms with Gasteiger partial charge in [-0.1, -0.05) is 6.08 Å². The molecule has 0 radical (unpaired) electrons. The van der Waals surface area contributed by atoms with Crippen LogP contribution in [0.2, 0.25) is 0 Å². The van der Waals surface area contributed by atoms with Gasteiger partial charge in [-0.2, -0.15) is 0 Å². The van der Waals surface area contributed by atoms with Crippen LogP contribution in [-0.4, -0.2) is 35.1 Å². The summed E-state index contributed by atoms with van der Waals surface area (Å²) in [5.41, 5.74) is 0. The third kappa shape index (κ3) is 4.91. The van der Waals surface area contributed by atoms with Crippen LogP contribution in [0.1, 0.15) is 20.3 Å². The molecule has 0 fully saturated rings. The summed E-state index contributed by atoms with van der Waals surface area (Å²) in [4.78, 5) is 12.3. The van der Waals surface area contributed by atoms with E-state index in [1.807, 2.05) is 13.8 Å². The van der Waals surface area contributed by atoms with Gasteiger partial charge in [-0.25, -0.2) is 0 Å². The van der Waals surface area contributed by atoms with E-state index in [1.165, 1.54) is 0 Å². The molecule has 0 heterocycles. The van der Waals surface area contributed by atoms with Crippen molar-refractivity contribution in [1.82, 2.24) is 4.90 Å². The van der Waals surface area contributed by atoms with Crippen molar-refractivity contribution in [2.45, 2.75) is 26.3 Å². The number of rotatable bonds is 6. The van der Waals surface area contributed by atoms with E-state index in [-0.39, 0.29) is 6.42 Å². The van der Waals surface area contributed by atoms with E-state index in [9.17, 15) is 4.79 Å². The minimum Gasteiger partial charge on any atom is -0.481 e. The topological polar surface area (TPSA) is 40.5 Å². The molecule has 0 aromatic rings. The van der Waals surface area contributed by atoms with Crippen LogP contribution < -0.4 is 0 Å². The van der Waals surface area contributed by atoms with Crippen molar-refractivity contribution in [2.75, 3.05) is 13.1 Å². The molecule has 0 unspecified atom stereocenters. The number of hydrogen-bond acceptors (Lipinski definition) is 2. The minimum atomic E-state index is -0.746. The number of carbonyl (C=O) groups is 1. The van der Waals surface area contributed by atoms with Crippen molar-refractivity contribution < 1.29 is 9.90 Å². The molecule has 0 rings (SSSR count). The van der Waals surface area contributed by atoms with E-state index in [0.717, 1.165) is 6.54 Å². The maximum atomic E-state index is 10.3. The van der Waals surface area contributed by atoms with Crippen LogP contribution in [0.25, 0.3) is 0 Å². The monoisotopic (exact) mass is 171 g/mol. The van der Waals surface area contributed by atoms with Gasteiger partial charge in [-0.15, -0.1) is 6.58 Å². The molecule has 0 aliphatic heterocycles. The van der Waals surface area contributed by atoms with Crippen LogP contribution in [0.3, 0.4) is 0 Å². The predicted molar refractivity (Wildman–Crippen MR) is 49.2 cm³/mol. The zero-order chi connectivity index (χ0) is 9.56. The number of carboxylic acid groups (broad SMARTS) is 1. The Kier molecular flexibility index (Phi) is 5.37. The van der Waals surface area contributed by atoms with Crippen LogP contribution in [-0.2, 0) is 4.79 Å². The molecule has 0 bridgehead atoms.